The molecule has 0 radical (unpaired) electrons. The number of fused-ring (bicyclic) bond motifs is 1. The maximum Gasteiger partial charge on any atom is 0.261 e. The molecule has 4 rings (SSSR count). The largest absolute Gasteiger partial charge is 0.328 e. The maximum absolute atomic E-state index is 13.4. The Labute approximate surface area is 183 Å². The molecular formula is C26H31N3O2. The molecule has 1 unspecified atom stereocenters. The normalized spacial score (nSPS) is 15.3. The number of benzene rings is 2. The van der Waals surface area contributed by atoms with E-state index in [2.05, 4.69) is 0 Å². The van der Waals surface area contributed by atoms with Gasteiger partial charge < -0.3 is 4.90 Å². The minimum atomic E-state index is -0.307. The van der Waals surface area contributed by atoms with E-state index in [1.54, 1.807) is 17.7 Å². The number of hydrogen-bond acceptors (Lipinski definition) is 3. The first-order valence-electron chi connectivity index (χ1n) is 11.3. The summed E-state index contributed by atoms with van der Waals surface area (Å²) >= 11 is 0. The number of para-hydroxylation sites is 1. The van der Waals surface area contributed by atoms with Crippen molar-refractivity contribution in [2.45, 2.75) is 58.0 Å². The summed E-state index contributed by atoms with van der Waals surface area (Å²) in [4.78, 5) is 33.0. The number of nitrogens with zero attached hydrogens (tertiary/aromatic N) is 3. The second kappa shape index (κ2) is 9.46. The molecule has 31 heavy (non-hydrogen) atoms. The van der Waals surface area contributed by atoms with E-state index in [9.17, 15) is 9.59 Å². The Kier molecular flexibility index (Phi) is 6.50. The number of amides is 1. The predicted molar refractivity (Wildman–Crippen MR) is 124 cm³/mol. The maximum atomic E-state index is 13.4. The van der Waals surface area contributed by atoms with Crippen LogP contribution in [0.3, 0.4) is 0 Å². The molecule has 0 bridgehead atoms. The van der Waals surface area contributed by atoms with Crippen molar-refractivity contribution in [1.29, 1.82) is 0 Å². The van der Waals surface area contributed by atoms with Gasteiger partial charge in [0.15, 0.2) is 0 Å². The van der Waals surface area contributed by atoms with Gasteiger partial charge in [0.25, 0.3) is 5.56 Å². The molecule has 1 aliphatic carbocycles. The Morgan fingerprint density at radius 1 is 1.10 bits per heavy atom. The van der Waals surface area contributed by atoms with Crippen molar-refractivity contribution >= 4 is 16.8 Å². The van der Waals surface area contributed by atoms with Gasteiger partial charge in [-0.2, -0.15) is 0 Å². The molecule has 1 amide bonds. The average molecular weight is 418 g/mol. The van der Waals surface area contributed by atoms with E-state index in [0.29, 0.717) is 35.6 Å². The van der Waals surface area contributed by atoms with Gasteiger partial charge in [0.2, 0.25) is 5.91 Å². The summed E-state index contributed by atoms with van der Waals surface area (Å²) in [5.41, 5.74) is 1.67. The first-order chi connectivity index (χ1) is 15.0. The molecule has 1 aromatic heterocycles. The quantitative estimate of drug-likeness (QED) is 0.544. The minimum Gasteiger partial charge on any atom is -0.328 e. The lowest BCUT2D eigenvalue weighted by atomic mass is 10.0. The van der Waals surface area contributed by atoms with E-state index in [1.807, 2.05) is 60.4 Å². The van der Waals surface area contributed by atoms with E-state index in [-0.39, 0.29) is 17.5 Å². The third-order valence-corrected chi connectivity index (χ3v) is 6.62. The molecule has 1 heterocycles. The summed E-state index contributed by atoms with van der Waals surface area (Å²) in [5, 5.41) is 0.600. The molecule has 1 atom stereocenters. The molecular weight excluding hydrogens is 386 g/mol. The highest BCUT2D eigenvalue weighted by Crippen LogP contribution is 2.30. The van der Waals surface area contributed by atoms with Gasteiger partial charge in [-0.1, -0.05) is 68.1 Å². The van der Waals surface area contributed by atoms with Crippen LogP contribution in [0.25, 0.3) is 10.9 Å². The van der Waals surface area contributed by atoms with Crippen LogP contribution in [0.4, 0.5) is 0 Å². The van der Waals surface area contributed by atoms with Gasteiger partial charge in [-0.15, -0.1) is 0 Å². The second-order valence-electron chi connectivity index (χ2n) is 8.72. The molecule has 0 spiro atoms. The average Bonchev–Trinajstić information content (AvgIpc) is 3.32. The fourth-order valence-electron chi connectivity index (χ4n) is 4.74. The summed E-state index contributed by atoms with van der Waals surface area (Å²) in [7, 11) is 1.75. The van der Waals surface area contributed by atoms with Crippen LogP contribution in [0.2, 0.25) is 0 Å². The van der Waals surface area contributed by atoms with Gasteiger partial charge in [0, 0.05) is 20.0 Å². The Hall–Kier alpha value is -2.95. The van der Waals surface area contributed by atoms with Crippen molar-refractivity contribution in [1.82, 2.24) is 14.5 Å². The lowest BCUT2D eigenvalue weighted by molar-refractivity contribution is -0.134. The number of hydrogen-bond donors (Lipinski definition) is 0. The smallest absolute Gasteiger partial charge is 0.261 e. The van der Waals surface area contributed by atoms with E-state index >= 15 is 0 Å². The van der Waals surface area contributed by atoms with Crippen LogP contribution < -0.4 is 5.56 Å². The molecule has 0 N–H and O–H groups in total. The van der Waals surface area contributed by atoms with Gasteiger partial charge in [-0.3, -0.25) is 14.2 Å². The minimum absolute atomic E-state index is 0.0782. The SMILES string of the molecule is CC(c1nc2ccccc2c(=O)n1C)N(Cc1ccccc1)C(=O)CCC1CCCC1. The zero-order valence-corrected chi connectivity index (χ0v) is 18.5. The van der Waals surface area contributed by atoms with E-state index in [1.165, 1.54) is 25.7 Å². The van der Waals surface area contributed by atoms with Crippen molar-refractivity contribution in [2.75, 3.05) is 0 Å². The van der Waals surface area contributed by atoms with Crippen LogP contribution in [0, 0.1) is 5.92 Å². The van der Waals surface area contributed by atoms with E-state index < -0.39 is 0 Å². The van der Waals surface area contributed by atoms with Crippen molar-refractivity contribution in [3.8, 4) is 0 Å². The molecule has 1 aliphatic rings. The van der Waals surface area contributed by atoms with Crippen molar-refractivity contribution in [3.05, 3.63) is 76.3 Å². The molecule has 1 saturated carbocycles. The Bertz CT molecular complexity index is 1100. The van der Waals surface area contributed by atoms with E-state index in [4.69, 9.17) is 4.98 Å². The molecule has 162 valence electrons. The van der Waals surface area contributed by atoms with Crippen molar-refractivity contribution in [2.24, 2.45) is 13.0 Å². The highest BCUT2D eigenvalue weighted by Gasteiger charge is 2.26. The first-order valence-corrected chi connectivity index (χ1v) is 11.3. The van der Waals surface area contributed by atoms with Gasteiger partial charge in [0.05, 0.1) is 16.9 Å². The van der Waals surface area contributed by atoms with Gasteiger partial charge in [-0.25, -0.2) is 4.98 Å². The molecule has 5 heteroatoms. The predicted octanol–water partition coefficient (Wildman–Crippen LogP) is 4.99. The Balaban J connectivity index is 1.65. The summed E-state index contributed by atoms with van der Waals surface area (Å²) in [5.74, 6) is 1.42. The zero-order chi connectivity index (χ0) is 21.8. The fraction of sp³-hybridized carbons (Fsp3) is 0.423. The topological polar surface area (TPSA) is 55.2 Å². The Morgan fingerprint density at radius 2 is 1.77 bits per heavy atom. The highest BCUT2D eigenvalue weighted by molar-refractivity contribution is 5.78. The molecule has 3 aromatic rings. The van der Waals surface area contributed by atoms with E-state index in [0.717, 1.165) is 12.0 Å². The van der Waals surface area contributed by atoms with Crippen LogP contribution >= 0.6 is 0 Å². The lowest BCUT2D eigenvalue weighted by Crippen LogP contribution is -2.37. The van der Waals surface area contributed by atoms with Crippen LogP contribution in [0.15, 0.2) is 59.4 Å². The third-order valence-electron chi connectivity index (χ3n) is 6.62. The number of aromatic nitrogens is 2. The highest BCUT2D eigenvalue weighted by atomic mass is 16.2. The molecule has 0 aliphatic heterocycles. The standard InChI is InChI=1S/C26H31N3O2/c1-19(25-27-23-15-9-8-14-22(23)26(31)28(25)2)29(18-21-12-4-3-5-13-21)24(30)17-16-20-10-6-7-11-20/h3-5,8-9,12-15,19-20H,6-7,10-11,16-18H2,1-2H3. The summed E-state index contributed by atoms with van der Waals surface area (Å²) in [6, 6.07) is 17.1. The molecule has 2 aromatic carbocycles. The number of rotatable bonds is 7. The van der Waals surface area contributed by atoms with Crippen LogP contribution in [0.5, 0.6) is 0 Å². The van der Waals surface area contributed by atoms with Gasteiger partial charge in [0.1, 0.15) is 5.82 Å². The Morgan fingerprint density at radius 3 is 2.52 bits per heavy atom. The first kappa shape index (κ1) is 21.3. The zero-order valence-electron chi connectivity index (χ0n) is 18.5. The molecule has 5 nitrogen and oxygen atoms in total. The van der Waals surface area contributed by atoms with Gasteiger partial charge in [-0.05, 0) is 37.0 Å². The molecule has 1 fully saturated rings. The van der Waals surface area contributed by atoms with Crippen LogP contribution in [0.1, 0.15) is 62.9 Å². The monoisotopic (exact) mass is 417 g/mol. The number of carbonyl (C=O) groups excluding carboxylic acids is 1. The second-order valence-corrected chi connectivity index (χ2v) is 8.72. The van der Waals surface area contributed by atoms with Crippen LogP contribution in [-0.4, -0.2) is 20.4 Å². The third kappa shape index (κ3) is 4.71. The molecule has 0 saturated heterocycles. The van der Waals surface area contributed by atoms with Crippen LogP contribution in [-0.2, 0) is 18.4 Å². The number of carbonyl (C=O) groups is 1. The van der Waals surface area contributed by atoms with Crippen molar-refractivity contribution < 1.29 is 4.79 Å². The summed E-state index contributed by atoms with van der Waals surface area (Å²) in [6.07, 6.45) is 6.53. The van der Waals surface area contributed by atoms with Gasteiger partial charge >= 0.3 is 0 Å². The summed E-state index contributed by atoms with van der Waals surface area (Å²) < 4.78 is 1.59. The van der Waals surface area contributed by atoms with Crippen molar-refractivity contribution in [3.63, 3.8) is 0 Å². The lowest BCUT2D eigenvalue weighted by Gasteiger charge is -2.30. The fourth-order valence-corrected chi connectivity index (χ4v) is 4.74. The summed E-state index contributed by atoms with van der Waals surface area (Å²) in [6.45, 7) is 2.49.